The highest BCUT2D eigenvalue weighted by Crippen LogP contribution is 2.20. The smallest absolute Gasteiger partial charge is 0.241 e. The van der Waals surface area contributed by atoms with E-state index in [1.165, 1.54) is 6.07 Å². The van der Waals surface area contributed by atoms with Gasteiger partial charge in [-0.15, -0.1) is 0 Å². The van der Waals surface area contributed by atoms with Gasteiger partial charge in [-0.25, -0.2) is 13.1 Å². The lowest BCUT2D eigenvalue weighted by molar-refractivity contribution is 0.387. The van der Waals surface area contributed by atoms with Gasteiger partial charge < -0.3 is 10.3 Å². The van der Waals surface area contributed by atoms with Crippen LogP contribution in [0.4, 0.5) is 5.69 Å². The molecule has 3 N–H and O–H groups in total. The summed E-state index contributed by atoms with van der Waals surface area (Å²) in [5.74, 6) is 0.664. The van der Waals surface area contributed by atoms with E-state index in [0.29, 0.717) is 17.1 Å². The van der Waals surface area contributed by atoms with Gasteiger partial charge in [-0.1, -0.05) is 11.2 Å². The molecule has 2 rings (SSSR count). The second kappa shape index (κ2) is 4.98. The quantitative estimate of drug-likeness (QED) is 0.800. The van der Waals surface area contributed by atoms with Crippen LogP contribution >= 0.6 is 0 Å². The van der Waals surface area contributed by atoms with Crippen LogP contribution in [0.3, 0.4) is 0 Å². The lowest BCUT2D eigenvalue weighted by Gasteiger charge is -2.09. The molecule has 1 aromatic heterocycles. The highest BCUT2D eigenvalue weighted by molar-refractivity contribution is 7.89. The molecular formula is C11H14N4O3S. The number of hydrogen-bond acceptors (Lipinski definition) is 6. The Bertz CT molecular complexity index is 694. The van der Waals surface area contributed by atoms with Gasteiger partial charge in [-0.3, -0.25) is 0 Å². The molecule has 0 spiro atoms. The lowest BCUT2D eigenvalue weighted by Crippen LogP contribution is -2.24. The zero-order chi connectivity index (χ0) is 14.0. The van der Waals surface area contributed by atoms with Crippen LogP contribution in [-0.4, -0.2) is 18.6 Å². The van der Waals surface area contributed by atoms with E-state index in [-0.39, 0.29) is 17.3 Å². The predicted octanol–water partition coefficient (Wildman–Crippen LogP) is 0.747. The highest BCUT2D eigenvalue weighted by atomic mass is 32.2. The van der Waals surface area contributed by atoms with Gasteiger partial charge in [0, 0.05) is 12.6 Å². The van der Waals surface area contributed by atoms with E-state index in [4.69, 9.17) is 10.3 Å². The Morgan fingerprint density at radius 3 is 2.74 bits per heavy atom. The maximum Gasteiger partial charge on any atom is 0.241 e. The molecule has 0 saturated carbocycles. The molecule has 1 heterocycles. The van der Waals surface area contributed by atoms with Crippen LogP contribution in [0.15, 0.2) is 27.6 Å². The molecule has 0 bridgehead atoms. The number of nitrogens with zero attached hydrogens (tertiary/aromatic N) is 2. The SMILES string of the molecule is Cc1nc(CNS(=O)(=O)c2cccc(N)c2C)no1. The first-order chi connectivity index (χ1) is 8.90. The molecule has 8 heteroatoms. The molecule has 2 aromatic rings. The molecule has 102 valence electrons. The summed E-state index contributed by atoms with van der Waals surface area (Å²) in [4.78, 5) is 4.06. The number of nitrogen functional groups attached to an aromatic ring is 1. The lowest BCUT2D eigenvalue weighted by atomic mass is 10.2. The zero-order valence-corrected chi connectivity index (χ0v) is 11.4. The Morgan fingerprint density at radius 1 is 1.37 bits per heavy atom. The van der Waals surface area contributed by atoms with Crippen LogP contribution in [0.1, 0.15) is 17.3 Å². The second-order valence-corrected chi connectivity index (χ2v) is 5.76. The van der Waals surface area contributed by atoms with E-state index in [1.54, 1.807) is 26.0 Å². The van der Waals surface area contributed by atoms with Gasteiger partial charge in [0.15, 0.2) is 5.82 Å². The molecule has 0 saturated heterocycles. The number of aryl methyl sites for hydroxylation is 1. The number of rotatable bonds is 4. The Balaban J connectivity index is 2.21. The summed E-state index contributed by atoms with van der Waals surface area (Å²) in [6.45, 7) is 3.25. The number of anilines is 1. The van der Waals surface area contributed by atoms with Crippen molar-refractivity contribution in [3.8, 4) is 0 Å². The maximum atomic E-state index is 12.1. The first-order valence-corrected chi connectivity index (χ1v) is 7.02. The van der Waals surface area contributed by atoms with E-state index >= 15 is 0 Å². The van der Waals surface area contributed by atoms with E-state index in [9.17, 15) is 8.42 Å². The molecule has 7 nitrogen and oxygen atoms in total. The van der Waals surface area contributed by atoms with Crippen LogP contribution in [-0.2, 0) is 16.6 Å². The van der Waals surface area contributed by atoms with Crippen LogP contribution in [0.25, 0.3) is 0 Å². The molecule has 19 heavy (non-hydrogen) atoms. The van der Waals surface area contributed by atoms with Crippen LogP contribution in [0.2, 0.25) is 0 Å². The average molecular weight is 282 g/mol. The van der Waals surface area contributed by atoms with E-state index in [1.807, 2.05) is 0 Å². The fraction of sp³-hybridized carbons (Fsp3) is 0.273. The summed E-state index contributed by atoms with van der Waals surface area (Å²) < 4.78 is 31.4. The van der Waals surface area contributed by atoms with Gasteiger partial charge in [-0.2, -0.15) is 4.98 Å². The standard InChI is InChI=1S/C11H14N4O3S/c1-7-9(12)4-3-5-10(7)19(16,17)13-6-11-14-8(2)18-15-11/h3-5,13H,6,12H2,1-2H3. The van der Waals surface area contributed by atoms with Crippen molar-refractivity contribution in [1.29, 1.82) is 0 Å². The summed E-state index contributed by atoms with van der Waals surface area (Å²) in [5, 5.41) is 3.61. The fourth-order valence-corrected chi connectivity index (χ4v) is 2.83. The van der Waals surface area contributed by atoms with Gasteiger partial charge in [0.05, 0.1) is 11.4 Å². The van der Waals surface area contributed by atoms with E-state index in [0.717, 1.165) is 0 Å². The second-order valence-electron chi connectivity index (χ2n) is 4.02. The predicted molar refractivity (Wildman–Crippen MR) is 68.7 cm³/mol. The average Bonchev–Trinajstić information content (AvgIpc) is 2.76. The molecule has 0 radical (unpaired) electrons. The molecule has 1 aromatic carbocycles. The van der Waals surface area contributed by atoms with E-state index < -0.39 is 10.0 Å². The zero-order valence-electron chi connectivity index (χ0n) is 10.5. The van der Waals surface area contributed by atoms with Gasteiger partial charge in [0.25, 0.3) is 0 Å². The minimum Gasteiger partial charge on any atom is -0.398 e. The van der Waals surface area contributed by atoms with Crippen molar-refractivity contribution in [2.75, 3.05) is 5.73 Å². The Kier molecular flexibility index (Phi) is 3.54. The molecule has 0 unspecified atom stereocenters. The van der Waals surface area contributed by atoms with E-state index in [2.05, 4.69) is 14.9 Å². The summed E-state index contributed by atoms with van der Waals surface area (Å²) in [7, 11) is -3.65. The Morgan fingerprint density at radius 2 is 2.11 bits per heavy atom. The van der Waals surface area contributed by atoms with Crippen molar-refractivity contribution in [3.63, 3.8) is 0 Å². The van der Waals surface area contributed by atoms with Gasteiger partial charge in [0.1, 0.15) is 0 Å². The molecule has 0 aliphatic carbocycles. The Labute approximate surface area is 110 Å². The number of hydrogen-bond donors (Lipinski definition) is 2. The molecule has 0 amide bonds. The number of sulfonamides is 1. The molecule has 0 aliphatic rings. The van der Waals surface area contributed by atoms with Crippen molar-refractivity contribution in [2.45, 2.75) is 25.3 Å². The number of aromatic nitrogens is 2. The summed E-state index contributed by atoms with van der Waals surface area (Å²) in [6, 6.07) is 4.74. The first kappa shape index (κ1) is 13.5. The summed E-state index contributed by atoms with van der Waals surface area (Å²) in [6.07, 6.45) is 0. The minimum absolute atomic E-state index is 0.0338. The van der Waals surface area contributed by atoms with Crippen molar-refractivity contribution in [1.82, 2.24) is 14.9 Å². The number of benzene rings is 1. The van der Waals surface area contributed by atoms with Crippen LogP contribution in [0, 0.1) is 13.8 Å². The highest BCUT2D eigenvalue weighted by Gasteiger charge is 2.18. The normalized spacial score (nSPS) is 11.7. The van der Waals surface area contributed by atoms with Crippen molar-refractivity contribution < 1.29 is 12.9 Å². The topological polar surface area (TPSA) is 111 Å². The van der Waals surface area contributed by atoms with Crippen LogP contribution in [0.5, 0.6) is 0 Å². The van der Waals surface area contributed by atoms with Crippen LogP contribution < -0.4 is 10.5 Å². The van der Waals surface area contributed by atoms with Crippen molar-refractivity contribution in [2.24, 2.45) is 0 Å². The van der Waals surface area contributed by atoms with Crippen molar-refractivity contribution >= 4 is 15.7 Å². The molecule has 0 fully saturated rings. The monoisotopic (exact) mass is 282 g/mol. The first-order valence-electron chi connectivity index (χ1n) is 5.54. The third-order valence-electron chi connectivity index (χ3n) is 2.61. The number of nitrogens with one attached hydrogen (secondary N) is 1. The summed E-state index contributed by atoms with van der Waals surface area (Å²) >= 11 is 0. The maximum absolute atomic E-state index is 12.1. The Hall–Kier alpha value is -1.93. The molecule has 0 aliphatic heterocycles. The van der Waals surface area contributed by atoms with Gasteiger partial charge in [-0.05, 0) is 24.6 Å². The number of nitrogens with two attached hydrogens (primary N) is 1. The molecular weight excluding hydrogens is 268 g/mol. The minimum atomic E-state index is -3.65. The van der Waals surface area contributed by atoms with Gasteiger partial charge >= 0.3 is 0 Å². The third-order valence-corrected chi connectivity index (χ3v) is 4.15. The fourth-order valence-electron chi connectivity index (χ4n) is 1.57. The van der Waals surface area contributed by atoms with Gasteiger partial charge in [0.2, 0.25) is 15.9 Å². The van der Waals surface area contributed by atoms with Crippen molar-refractivity contribution in [3.05, 3.63) is 35.5 Å². The largest absolute Gasteiger partial charge is 0.398 e. The summed E-state index contributed by atoms with van der Waals surface area (Å²) in [5.41, 5.74) is 6.64. The molecule has 0 atom stereocenters. The third kappa shape index (κ3) is 2.91.